The molecule has 1 saturated carbocycles. The highest BCUT2D eigenvalue weighted by atomic mass is 16.2. The van der Waals surface area contributed by atoms with Crippen LogP contribution in [-0.2, 0) is 10.2 Å². The van der Waals surface area contributed by atoms with Crippen LogP contribution >= 0.6 is 0 Å². The zero-order valence-corrected chi connectivity index (χ0v) is 12.6. The SMILES string of the molecule is CN1C(=O)C(C)(C)c2ccc(-c3cn(C4CC4)cn3)cc21. The van der Waals surface area contributed by atoms with Crippen LogP contribution in [-0.4, -0.2) is 22.5 Å². The van der Waals surface area contributed by atoms with E-state index < -0.39 is 5.41 Å². The number of hydrogen-bond donors (Lipinski definition) is 0. The summed E-state index contributed by atoms with van der Waals surface area (Å²) in [5.41, 5.74) is 3.72. The van der Waals surface area contributed by atoms with E-state index in [4.69, 9.17) is 0 Å². The highest BCUT2D eigenvalue weighted by Gasteiger charge is 2.42. The van der Waals surface area contributed by atoms with Crippen molar-refractivity contribution >= 4 is 11.6 Å². The average molecular weight is 281 g/mol. The van der Waals surface area contributed by atoms with Crippen LogP contribution in [0, 0.1) is 0 Å². The van der Waals surface area contributed by atoms with E-state index in [1.807, 2.05) is 27.2 Å². The zero-order chi connectivity index (χ0) is 14.8. The van der Waals surface area contributed by atoms with E-state index in [0.29, 0.717) is 6.04 Å². The summed E-state index contributed by atoms with van der Waals surface area (Å²) >= 11 is 0. The van der Waals surface area contributed by atoms with Crippen LogP contribution in [0.25, 0.3) is 11.3 Å². The molecule has 1 amide bonds. The summed E-state index contributed by atoms with van der Waals surface area (Å²) in [5, 5.41) is 0. The van der Waals surface area contributed by atoms with E-state index in [0.717, 1.165) is 22.5 Å². The third-order valence-corrected chi connectivity index (χ3v) is 4.74. The van der Waals surface area contributed by atoms with Crippen molar-refractivity contribution in [2.24, 2.45) is 0 Å². The second kappa shape index (κ2) is 3.97. The maximum absolute atomic E-state index is 12.3. The predicted octanol–water partition coefficient (Wildman–Crippen LogP) is 3.14. The predicted molar refractivity (Wildman–Crippen MR) is 82.4 cm³/mol. The minimum Gasteiger partial charge on any atom is -0.334 e. The van der Waals surface area contributed by atoms with Crippen LogP contribution in [0.5, 0.6) is 0 Å². The van der Waals surface area contributed by atoms with E-state index in [1.54, 1.807) is 4.90 Å². The highest BCUT2D eigenvalue weighted by Crippen LogP contribution is 2.42. The molecule has 1 aliphatic carbocycles. The number of benzene rings is 1. The molecule has 4 nitrogen and oxygen atoms in total. The van der Waals surface area contributed by atoms with Crippen molar-refractivity contribution in [3.05, 3.63) is 36.3 Å². The Bertz CT molecular complexity index is 740. The molecule has 4 heteroatoms. The van der Waals surface area contributed by atoms with Gasteiger partial charge in [-0.3, -0.25) is 4.79 Å². The number of carbonyl (C=O) groups excluding carboxylic acids is 1. The van der Waals surface area contributed by atoms with Crippen molar-refractivity contribution in [1.82, 2.24) is 9.55 Å². The number of amides is 1. The number of rotatable bonds is 2. The van der Waals surface area contributed by atoms with Gasteiger partial charge in [-0.15, -0.1) is 0 Å². The van der Waals surface area contributed by atoms with Crippen LogP contribution in [0.4, 0.5) is 5.69 Å². The molecule has 0 spiro atoms. The molecule has 1 aromatic heterocycles. The topological polar surface area (TPSA) is 38.1 Å². The molecule has 0 saturated heterocycles. The van der Waals surface area contributed by atoms with Gasteiger partial charge in [0, 0.05) is 30.5 Å². The molecule has 108 valence electrons. The highest BCUT2D eigenvalue weighted by molar-refractivity contribution is 6.07. The van der Waals surface area contributed by atoms with Crippen molar-refractivity contribution < 1.29 is 4.79 Å². The first-order valence-corrected chi connectivity index (χ1v) is 7.45. The molecular formula is C17H19N3O. The van der Waals surface area contributed by atoms with Gasteiger partial charge in [-0.1, -0.05) is 12.1 Å². The number of anilines is 1. The molecule has 2 aromatic rings. The molecule has 0 unspecified atom stereocenters. The van der Waals surface area contributed by atoms with Crippen LogP contribution in [0.2, 0.25) is 0 Å². The van der Waals surface area contributed by atoms with E-state index in [-0.39, 0.29) is 5.91 Å². The maximum Gasteiger partial charge on any atom is 0.236 e. The number of nitrogens with zero attached hydrogens (tertiary/aromatic N) is 3. The Morgan fingerprint density at radius 1 is 1.29 bits per heavy atom. The quantitative estimate of drug-likeness (QED) is 0.848. The fraction of sp³-hybridized carbons (Fsp3) is 0.412. The van der Waals surface area contributed by atoms with Gasteiger partial charge < -0.3 is 9.47 Å². The normalized spacial score (nSPS) is 20.0. The van der Waals surface area contributed by atoms with Crippen LogP contribution in [0.3, 0.4) is 0 Å². The molecule has 1 aromatic carbocycles. The standard InChI is InChI=1S/C17H19N3O/c1-17(2)13-7-4-11(8-15(13)19(3)16(17)21)14-9-20(10-18-14)12-5-6-12/h4,7-10,12H,5-6H2,1-3H3. The van der Waals surface area contributed by atoms with Gasteiger partial charge in [0.05, 0.1) is 17.4 Å². The van der Waals surface area contributed by atoms with Gasteiger partial charge >= 0.3 is 0 Å². The van der Waals surface area contributed by atoms with Crippen molar-refractivity contribution in [2.45, 2.75) is 38.1 Å². The van der Waals surface area contributed by atoms with Crippen LogP contribution in [0.1, 0.15) is 38.3 Å². The number of likely N-dealkylation sites (N-methyl/N-ethyl adjacent to an activating group) is 1. The summed E-state index contributed by atoms with van der Waals surface area (Å²) in [5.74, 6) is 0.151. The Hall–Kier alpha value is -2.10. The van der Waals surface area contributed by atoms with Crippen molar-refractivity contribution in [2.75, 3.05) is 11.9 Å². The molecule has 2 heterocycles. The zero-order valence-electron chi connectivity index (χ0n) is 12.6. The third kappa shape index (κ3) is 1.75. The molecule has 21 heavy (non-hydrogen) atoms. The van der Waals surface area contributed by atoms with Gasteiger partial charge in [0.15, 0.2) is 0 Å². The molecule has 1 fully saturated rings. The van der Waals surface area contributed by atoms with Gasteiger partial charge in [0.2, 0.25) is 5.91 Å². The molecular weight excluding hydrogens is 262 g/mol. The lowest BCUT2D eigenvalue weighted by molar-refractivity contribution is -0.121. The monoisotopic (exact) mass is 281 g/mol. The molecule has 0 atom stereocenters. The van der Waals surface area contributed by atoms with Gasteiger partial charge in [-0.25, -0.2) is 4.98 Å². The summed E-state index contributed by atoms with van der Waals surface area (Å²) in [6.45, 7) is 3.97. The molecule has 0 N–H and O–H groups in total. The van der Waals surface area contributed by atoms with Gasteiger partial charge in [-0.05, 0) is 38.3 Å². The lowest BCUT2D eigenvalue weighted by atomic mass is 9.86. The van der Waals surface area contributed by atoms with E-state index in [9.17, 15) is 4.79 Å². The Morgan fingerprint density at radius 3 is 2.76 bits per heavy atom. The van der Waals surface area contributed by atoms with Crippen molar-refractivity contribution in [3.63, 3.8) is 0 Å². The summed E-state index contributed by atoms with van der Waals surface area (Å²) in [7, 11) is 1.85. The number of carbonyl (C=O) groups is 1. The molecule has 4 rings (SSSR count). The number of fused-ring (bicyclic) bond motifs is 1. The Kier molecular flexibility index (Phi) is 2.39. The minimum absolute atomic E-state index is 0.151. The first-order valence-electron chi connectivity index (χ1n) is 7.45. The maximum atomic E-state index is 12.3. The first kappa shape index (κ1) is 12.6. The number of aromatic nitrogens is 2. The molecule has 1 aliphatic heterocycles. The van der Waals surface area contributed by atoms with Crippen molar-refractivity contribution in [3.8, 4) is 11.3 Å². The smallest absolute Gasteiger partial charge is 0.236 e. The Balaban J connectivity index is 1.77. The van der Waals surface area contributed by atoms with Crippen molar-refractivity contribution in [1.29, 1.82) is 0 Å². The fourth-order valence-electron chi connectivity index (χ4n) is 3.20. The first-order chi connectivity index (χ1) is 9.98. The van der Waals surface area contributed by atoms with Crippen LogP contribution < -0.4 is 4.90 Å². The summed E-state index contributed by atoms with van der Waals surface area (Å²) in [6, 6.07) is 6.87. The average Bonchev–Trinajstić information content (AvgIpc) is 3.18. The number of hydrogen-bond acceptors (Lipinski definition) is 2. The second-order valence-corrected chi connectivity index (χ2v) is 6.66. The lowest BCUT2D eigenvalue weighted by Gasteiger charge is -2.16. The van der Waals surface area contributed by atoms with E-state index >= 15 is 0 Å². The van der Waals surface area contributed by atoms with Gasteiger partial charge in [0.25, 0.3) is 0 Å². The lowest BCUT2D eigenvalue weighted by Crippen LogP contribution is -2.33. The fourth-order valence-corrected chi connectivity index (χ4v) is 3.20. The van der Waals surface area contributed by atoms with E-state index in [2.05, 4.69) is 33.9 Å². The largest absolute Gasteiger partial charge is 0.334 e. The Morgan fingerprint density at radius 2 is 2.05 bits per heavy atom. The molecule has 2 aliphatic rings. The minimum atomic E-state index is -0.435. The van der Waals surface area contributed by atoms with E-state index in [1.165, 1.54) is 12.8 Å². The summed E-state index contributed by atoms with van der Waals surface area (Å²) in [6.07, 6.45) is 6.54. The summed E-state index contributed by atoms with van der Waals surface area (Å²) in [4.78, 5) is 18.6. The van der Waals surface area contributed by atoms with Gasteiger partial charge in [0.1, 0.15) is 0 Å². The Labute approximate surface area is 124 Å². The molecule has 0 radical (unpaired) electrons. The second-order valence-electron chi connectivity index (χ2n) is 6.66. The summed E-state index contributed by atoms with van der Waals surface area (Å²) < 4.78 is 2.20. The number of imidazole rings is 1. The molecule has 0 bridgehead atoms. The third-order valence-electron chi connectivity index (χ3n) is 4.74. The van der Waals surface area contributed by atoms with Crippen LogP contribution in [0.15, 0.2) is 30.7 Å². The van der Waals surface area contributed by atoms with Gasteiger partial charge in [-0.2, -0.15) is 0 Å².